The van der Waals surface area contributed by atoms with Crippen LogP contribution in [0.2, 0.25) is 0 Å². The number of fused-ring (bicyclic) bond motifs is 12. The summed E-state index contributed by atoms with van der Waals surface area (Å²) in [6.45, 7) is 0. The van der Waals surface area contributed by atoms with Gasteiger partial charge in [0.1, 0.15) is 0 Å². The molecule has 0 aliphatic carbocycles. The Hall–Kier alpha value is -7.89. The van der Waals surface area contributed by atoms with E-state index in [2.05, 4.69) is 179 Å². The molecule has 0 amide bonds. The topological polar surface area (TPSA) is 48.0 Å². The van der Waals surface area contributed by atoms with Crippen LogP contribution < -0.4 is 0 Å². The molecule has 0 saturated heterocycles. The number of nitrogens with zero attached hydrogens (tertiary/aromatic N) is 5. The van der Waals surface area contributed by atoms with Crippen molar-refractivity contribution in [1.82, 2.24) is 23.9 Å². The van der Waals surface area contributed by atoms with Crippen molar-refractivity contribution in [2.45, 2.75) is 0 Å². The molecule has 13 rings (SSSR count). The monoisotopic (exact) mass is 737 g/mol. The lowest BCUT2D eigenvalue weighted by Gasteiger charge is -2.12. The predicted octanol–water partition coefficient (Wildman–Crippen LogP) is 13.4. The van der Waals surface area contributed by atoms with Gasteiger partial charge in [-0.3, -0.25) is 0 Å². The number of hydrogen-bond acceptors (Lipinski definition) is 3. The fraction of sp³-hybridized carbons (Fsp3) is 0. The minimum absolute atomic E-state index is 0.645. The summed E-state index contributed by atoms with van der Waals surface area (Å²) in [5.41, 5.74) is 12.8. The number of benzene rings is 8. The van der Waals surface area contributed by atoms with Crippen molar-refractivity contribution in [3.05, 3.63) is 188 Å². The molecule has 0 fully saturated rings. The minimum Gasteiger partial charge on any atom is -0.309 e. The van der Waals surface area contributed by atoms with Crippen LogP contribution in [0.1, 0.15) is 0 Å². The molecule has 0 aliphatic heterocycles. The quantitative estimate of drug-likeness (QED) is 0.181. The van der Waals surface area contributed by atoms with Crippen LogP contribution in [-0.4, -0.2) is 23.9 Å². The third-order valence-electron chi connectivity index (χ3n) is 12.1. The molecule has 0 spiro atoms. The smallest absolute Gasteiger partial charge is 0.163 e. The van der Waals surface area contributed by atoms with Gasteiger partial charge in [0.15, 0.2) is 11.5 Å². The molecule has 0 saturated carbocycles. The Labute approximate surface area is 332 Å². The van der Waals surface area contributed by atoms with Crippen molar-refractivity contribution >= 4 is 81.7 Å². The fourth-order valence-electron chi connectivity index (χ4n) is 9.50. The summed E-state index contributed by atoms with van der Waals surface area (Å²) in [5, 5.41) is 11.0. The molecule has 5 nitrogen and oxygen atoms in total. The summed E-state index contributed by atoms with van der Waals surface area (Å²) >= 11 is 0. The number of para-hydroxylation sites is 2. The molecule has 268 valence electrons. The Bertz CT molecular complexity index is 3770. The molecule has 5 aromatic heterocycles. The summed E-state index contributed by atoms with van der Waals surface area (Å²) in [7, 11) is 0. The Morgan fingerprint density at radius 3 is 1.88 bits per heavy atom. The van der Waals surface area contributed by atoms with Crippen LogP contribution in [0.15, 0.2) is 188 Å². The molecule has 58 heavy (non-hydrogen) atoms. The standard InChI is InChI=1S/C53H31N5/c1-3-12-32(13-4-1)37-29-43-50(33-14-5-2-6-15-33)55-52(56-53(43)54-31-37)34-22-24-38(25-23-34)57-45-26-27-46-48(49(45)42-28-35-16-7-8-17-36(35)30-47(42)57)41-20-11-19-40-39-18-9-10-21-44(39)58(46)51(40)41/h1-31H. The van der Waals surface area contributed by atoms with Gasteiger partial charge in [0.05, 0.1) is 33.3 Å². The zero-order valence-electron chi connectivity index (χ0n) is 31.1. The average molecular weight is 738 g/mol. The van der Waals surface area contributed by atoms with Crippen LogP contribution in [0, 0.1) is 0 Å². The molecular formula is C53H31N5. The molecule has 0 N–H and O–H groups in total. The van der Waals surface area contributed by atoms with Gasteiger partial charge in [-0.15, -0.1) is 0 Å². The first-order valence-corrected chi connectivity index (χ1v) is 19.7. The maximum absolute atomic E-state index is 5.24. The SMILES string of the molecule is c1ccc(-c2cnc3nc(-c4ccc(-n5c6cc7ccccc7cc6c6c7c8cccc9c%10ccccc%10n(c7ccc65)c98)cc4)nc(-c4ccccc4)c3c2)cc1. The summed E-state index contributed by atoms with van der Waals surface area (Å²) in [6.07, 6.45) is 1.91. The lowest BCUT2D eigenvalue weighted by Crippen LogP contribution is -1.98. The zero-order valence-corrected chi connectivity index (χ0v) is 31.1. The number of hydrogen-bond donors (Lipinski definition) is 0. The van der Waals surface area contributed by atoms with Crippen LogP contribution >= 0.6 is 0 Å². The third-order valence-corrected chi connectivity index (χ3v) is 12.1. The number of rotatable bonds is 4. The van der Waals surface area contributed by atoms with Gasteiger partial charge >= 0.3 is 0 Å². The first-order valence-electron chi connectivity index (χ1n) is 19.7. The first-order chi connectivity index (χ1) is 28.8. The van der Waals surface area contributed by atoms with Crippen molar-refractivity contribution in [2.24, 2.45) is 0 Å². The second-order valence-corrected chi connectivity index (χ2v) is 15.2. The Morgan fingerprint density at radius 1 is 0.379 bits per heavy atom. The maximum Gasteiger partial charge on any atom is 0.163 e. The Kier molecular flexibility index (Phi) is 6.38. The van der Waals surface area contributed by atoms with Crippen LogP contribution in [0.5, 0.6) is 0 Å². The zero-order chi connectivity index (χ0) is 37.9. The van der Waals surface area contributed by atoms with Crippen molar-refractivity contribution in [2.75, 3.05) is 0 Å². The van der Waals surface area contributed by atoms with Gasteiger partial charge in [-0.1, -0.05) is 121 Å². The van der Waals surface area contributed by atoms with E-state index in [-0.39, 0.29) is 0 Å². The van der Waals surface area contributed by atoms with Gasteiger partial charge in [0.2, 0.25) is 0 Å². The van der Waals surface area contributed by atoms with E-state index in [4.69, 9.17) is 15.0 Å². The molecule has 0 atom stereocenters. The van der Waals surface area contributed by atoms with Crippen molar-refractivity contribution in [3.63, 3.8) is 0 Å². The van der Waals surface area contributed by atoms with Gasteiger partial charge in [-0.05, 0) is 77.0 Å². The maximum atomic E-state index is 5.24. The number of pyridine rings is 1. The molecule has 5 heterocycles. The molecule has 0 aliphatic rings. The van der Waals surface area contributed by atoms with Crippen LogP contribution in [0.25, 0.3) is 121 Å². The van der Waals surface area contributed by atoms with Crippen molar-refractivity contribution in [3.8, 4) is 39.5 Å². The summed E-state index contributed by atoms with van der Waals surface area (Å²) in [5.74, 6) is 0.645. The van der Waals surface area contributed by atoms with Gasteiger partial charge in [0.25, 0.3) is 0 Å². The van der Waals surface area contributed by atoms with E-state index in [1.54, 1.807) is 0 Å². The van der Waals surface area contributed by atoms with Gasteiger partial charge in [-0.2, -0.15) is 0 Å². The van der Waals surface area contributed by atoms with Gasteiger partial charge in [-0.25, -0.2) is 15.0 Å². The largest absolute Gasteiger partial charge is 0.309 e. The highest BCUT2D eigenvalue weighted by atomic mass is 15.0. The van der Waals surface area contributed by atoms with Crippen LogP contribution in [0.4, 0.5) is 0 Å². The predicted molar refractivity (Wildman–Crippen MR) is 240 cm³/mol. The molecule has 5 heteroatoms. The molecule has 0 bridgehead atoms. The van der Waals surface area contributed by atoms with E-state index in [0.29, 0.717) is 11.5 Å². The van der Waals surface area contributed by atoms with Gasteiger partial charge in [0, 0.05) is 66.3 Å². The molecule has 8 aromatic carbocycles. The Morgan fingerprint density at radius 2 is 1.05 bits per heavy atom. The molecular weight excluding hydrogens is 707 g/mol. The number of aromatic nitrogens is 5. The average Bonchev–Trinajstić information content (AvgIpc) is 3.93. The summed E-state index contributed by atoms with van der Waals surface area (Å²) < 4.78 is 4.90. The second kappa shape index (κ2) is 11.8. The summed E-state index contributed by atoms with van der Waals surface area (Å²) in [4.78, 5) is 15.2. The highest BCUT2D eigenvalue weighted by Crippen LogP contribution is 2.45. The molecule has 13 aromatic rings. The molecule has 0 radical (unpaired) electrons. The van der Waals surface area contributed by atoms with Crippen molar-refractivity contribution < 1.29 is 0 Å². The van der Waals surface area contributed by atoms with Crippen LogP contribution in [-0.2, 0) is 0 Å². The van der Waals surface area contributed by atoms with E-state index >= 15 is 0 Å². The van der Waals surface area contributed by atoms with E-state index in [0.717, 1.165) is 39.0 Å². The van der Waals surface area contributed by atoms with Gasteiger partial charge < -0.3 is 8.97 Å². The van der Waals surface area contributed by atoms with Crippen LogP contribution in [0.3, 0.4) is 0 Å². The first kappa shape index (κ1) is 31.3. The lowest BCUT2D eigenvalue weighted by molar-refractivity contribution is 1.17. The fourth-order valence-corrected chi connectivity index (χ4v) is 9.50. The van der Waals surface area contributed by atoms with E-state index in [1.807, 2.05) is 18.3 Å². The third kappa shape index (κ3) is 4.38. The summed E-state index contributed by atoms with van der Waals surface area (Å²) in [6, 6.07) is 65.2. The van der Waals surface area contributed by atoms with E-state index < -0.39 is 0 Å². The normalized spacial score (nSPS) is 12.1. The highest BCUT2D eigenvalue weighted by molar-refractivity contribution is 6.33. The van der Waals surface area contributed by atoms with E-state index in [9.17, 15) is 0 Å². The van der Waals surface area contributed by atoms with Crippen molar-refractivity contribution in [1.29, 1.82) is 0 Å². The minimum atomic E-state index is 0.645. The lowest BCUT2D eigenvalue weighted by atomic mass is 10.0. The highest BCUT2D eigenvalue weighted by Gasteiger charge is 2.23. The second-order valence-electron chi connectivity index (χ2n) is 15.2. The molecule has 0 unspecified atom stereocenters. The van der Waals surface area contributed by atoms with E-state index in [1.165, 1.54) is 70.7 Å². The Balaban J connectivity index is 1.03.